The largest absolute Gasteiger partial charge is 0.289 e. The first kappa shape index (κ1) is 11.7. The minimum absolute atomic E-state index is 0.0157. The van der Waals surface area contributed by atoms with Crippen LogP contribution < -0.4 is 0 Å². The summed E-state index contributed by atoms with van der Waals surface area (Å²) in [5.74, 6) is 0.0157. The van der Waals surface area contributed by atoms with Crippen molar-refractivity contribution < 1.29 is 4.79 Å². The average Bonchev–Trinajstić information content (AvgIpc) is 2.45. The molecule has 1 heteroatoms. The zero-order chi connectivity index (χ0) is 13.4. The van der Waals surface area contributed by atoms with E-state index < -0.39 is 0 Å². The van der Waals surface area contributed by atoms with E-state index in [1.54, 1.807) is 6.92 Å². The summed E-state index contributed by atoms with van der Waals surface area (Å²) >= 11 is 0. The minimum Gasteiger partial charge on any atom is -0.289 e. The van der Waals surface area contributed by atoms with E-state index in [0.29, 0.717) is 5.57 Å². The second kappa shape index (κ2) is 4.36. The van der Waals surface area contributed by atoms with Crippen molar-refractivity contribution in [3.8, 4) is 0 Å². The van der Waals surface area contributed by atoms with Crippen molar-refractivity contribution in [1.29, 1.82) is 0 Å². The van der Waals surface area contributed by atoms with Gasteiger partial charge in [0.25, 0.3) is 0 Å². The second-order valence-corrected chi connectivity index (χ2v) is 4.80. The molecule has 0 spiro atoms. The molecule has 0 fully saturated rings. The zero-order valence-corrected chi connectivity index (χ0v) is 10.8. The molecule has 3 aromatic rings. The Morgan fingerprint density at radius 1 is 0.895 bits per heavy atom. The quantitative estimate of drug-likeness (QED) is 0.362. The predicted molar refractivity (Wildman–Crippen MR) is 80.6 cm³/mol. The maximum Gasteiger partial charge on any atom is 0.188 e. The lowest BCUT2D eigenvalue weighted by molar-refractivity contribution is 0.103. The number of carbonyl (C=O) groups is 1. The highest BCUT2D eigenvalue weighted by Crippen LogP contribution is 2.29. The molecule has 0 atom stereocenters. The molecule has 0 saturated heterocycles. The third-order valence-electron chi connectivity index (χ3n) is 3.40. The van der Waals surface area contributed by atoms with E-state index in [-0.39, 0.29) is 5.78 Å². The fraction of sp³-hybridized carbons (Fsp3) is 0.0556. The molecule has 0 aliphatic rings. The molecule has 0 saturated carbocycles. The van der Waals surface area contributed by atoms with Crippen LogP contribution in [0, 0.1) is 0 Å². The lowest BCUT2D eigenvalue weighted by Gasteiger charge is -2.09. The number of hydrogen-bond acceptors (Lipinski definition) is 1. The summed E-state index contributed by atoms with van der Waals surface area (Å²) in [4.78, 5) is 12.3. The number of rotatable bonds is 2. The molecule has 0 aliphatic carbocycles. The minimum atomic E-state index is 0.0157. The summed E-state index contributed by atoms with van der Waals surface area (Å²) in [5, 5.41) is 4.38. The average molecular weight is 246 g/mol. The van der Waals surface area contributed by atoms with Crippen molar-refractivity contribution >= 4 is 27.3 Å². The summed E-state index contributed by atoms with van der Waals surface area (Å²) in [7, 11) is 0. The lowest BCUT2D eigenvalue weighted by atomic mass is 9.93. The third kappa shape index (κ3) is 1.84. The topological polar surface area (TPSA) is 17.1 Å². The van der Waals surface area contributed by atoms with Crippen LogP contribution in [0.1, 0.15) is 17.3 Å². The summed E-state index contributed by atoms with van der Waals surface area (Å²) in [6, 6.07) is 18.1. The van der Waals surface area contributed by atoms with Crippen molar-refractivity contribution in [1.82, 2.24) is 0 Å². The van der Waals surface area contributed by atoms with E-state index in [2.05, 4.69) is 18.7 Å². The number of ketones is 1. The fourth-order valence-electron chi connectivity index (χ4n) is 2.47. The molecule has 3 rings (SSSR count). The predicted octanol–water partition coefficient (Wildman–Crippen LogP) is 4.75. The van der Waals surface area contributed by atoms with Gasteiger partial charge in [-0.05, 0) is 40.1 Å². The van der Waals surface area contributed by atoms with Crippen LogP contribution >= 0.6 is 0 Å². The molecular formula is C18H14O. The first-order chi connectivity index (χ1) is 9.18. The Kier molecular flexibility index (Phi) is 2.68. The van der Waals surface area contributed by atoms with E-state index in [4.69, 9.17) is 0 Å². The Bertz CT molecular complexity index is 812. The first-order valence-corrected chi connectivity index (χ1v) is 6.29. The van der Waals surface area contributed by atoms with Gasteiger partial charge in [0.15, 0.2) is 5.78 Å². The summed E-state index contributed by atoms with van der Waals surface area (Å²) in [6.45, 7) is 5.53. The van der Waals surface area contributed by atoms with Gasteiger partial charge in [-0.2, -0.15) is 0 Å². The number of allylic oxidation sites excluding steroid dienone is 1. The number of fused-ring (bicyclic) bond motifs is 3. The molecular weight excluding hydrogens is 232 g/mol. The molecule has 0 amide bonds. The van der Waals surface area contributed by atoms with Crippen LogP contribution in [-0.2, 0) is 0 Å². The summed E-state index contributed by atoms with van der Waals surface area (Å²) in [6.07, 6.45) is 0. The van der Waals surface area contributed by atoms with Crippen LogP contribution in [0.2, 0.25) is 0 Å². The van der Waals surface area contributed by atoms with Gasteiger partial charge in [0.2, 0.25) is 0 Å². The molecule has 0 unspecified atom stereocenters. The van der Waals surface area contributed by atoms with E-state index in [1.165, 1.54) is 5.39 Å². The Hall–Kier alpha value is -2.41. The van der Waals surface area contributed by atoms with E-state index in [1.807, 2.05) is 42.5 Å². The molecule has 92 valence electrons. The monoisotopic (exact) mass is 246 g/mol. The van der Waals surface area contributed by atoms with Crippen LogP contribution in [0.15, 0.2) is 66.7 Å². The smallest absolute Gasteiger partial charge is 0.188 e. The Morgan fingerprint density at radius 2 is 1.47 bits per heavy atom. The van der Waals surface area contributed by atoms with Gasteiger partial charge in [-0.25, -0.2) is 0 Å². The van der Waals surface area contributed by atoms with E-state index in [0.717, 1.165) is 21.7 Å². The van der Waals surface area contributed by atoms with E-state index >= 15 is 0 Å². The normalized spacial score (nSPS) is 10.8. The lowest BCUT2D eigenvalue weighted by Crippen LogP contribution is -2.00. The van der Waals surface area contributed by atoms with Gasteiger partial charge in [-0.3, -0.25) is 4.79 Å². The number of carbonyl (C=O) groups excluding carboxylic acids is 1. The molecule has 1 nitrogen and oxygen atoms in total. The summed E-state index contributed by atoms with van der Waals surface area (Å²) < 4.78 is 0. The number of benzene rings is 3. The molecule has 0 N–H and O–H groups in total. The Balaban J connectivity index is 2.49. The number of Topliss-reactive ketones (excluding diaryl/α,β-unsaturated/α-hetero) is 1. The SMILES string of the molecule is C=C(C)C(=O)c1cc2ccccc2c2ccccc12. The van der Waals surface area contributed by atoms with Gasteiger partial charge in [0.1, 0.15) is 0 Å². The molecule has 19 heavy (non-hydrogen) atoms. The number of hydrogen-bond donors (Lipinski definition) is 0. The van der Waals surface area contributed by atoms with Crippen LogP contribution in [0.3, 0.4) is 0 Å². The molecule has 0 aromatic heterocycles. The Labute approximate surface area is 112 Å². The standard InChI is InChI=1S/C18H14O/c1-12(2)18(19)17-11-13-7-3-4-8-14(13)15-9-5-6-10-16(15)17/h3-11H,1H2,2H3. The van der Waals surface area contributed by atoms with Crippen molar-refractivity contribution in [3.63, 3.8) is 0 Å². The zero-order valence-electron chi connectivity index (χ0n) is 10.8. The van der Waals surface area contributed by atoms with Crippen molar-refractivity contribution in [3.05, 3.63) is 72.3 Å². The molecule has 0 radical (unpaired) electrons. The molecule has 0 aliphatic heterocycles. The fourth-order valence-corrected chi connectivity index (χ4v) is 2.47. The van der Waals surface area contributed by atoms with Crippen molar-refractivity contribution in [2.24, 2.45) is 0 Å². The summed E-state index contributed by atoms with van der Waals surface area (Å²) in [5.41, 5.74) is 1.31. The van der Waals surface area contributed by atoms with Gasteiger partial charge in [0, 0.05) is 5.56 Å². The van der Waals surface area contributed by atoms with Crippen LogP contribution in [-0.4, -0.2) is 5.78 Å². The van der Waals surface area contributed by atoms with Gasteiger partial charge >= 0.3 is 0 Å². The highest BCUT2D eigenvalue weighted by molar-refractivity contribution is 6.21. The second-order valence-electron chi connectivity index (χ2n) is 4.80. The van der Waals surface area contributed by atoms with Crippen LogP contribution in [0.5, 0.6) is 0 Å². The first-order valence-electron chi connectivity index (χ1n) is 6.29. The molecule has 0 heterocycles. The van der Waals surface area contributed by atoms with Gasteiger partial charge in [-0.1, -0.05) is 55.1 Å². The third-order valence-corrected chi connectivity index (χ3v) is 3.40. The van der Waals surface area contributed by atoms with Gasteiger partial charge in [0.05, 0.1) is 0 Å². The van der Waals surface area contributed by atoms with Crippen molar-refractivity contribution in [2.75, 3.05) is 0 Å². The van der Waals surface area contributed by atoms with Gasteiger partial charge in [-0.15, -0.1) is 0 Å². The molecule has 3 aromatic carbocycles. The highest BCUT2D eigenvalue weighted by atomic mass is 16.1. The van der Waals surface area contributed by atoms with Crippen LogP contribution in [0.25, 0.3) is 21.5 Å². The van der Waals surface area contributed by atoms with E-state index in [9.17, 15) is 4.79 Å². The van der Waals surface area contributed by atoms with Crippen LogP contribution in [0.4, 0.5) is 0 Å². The highest BCUT2D eigenvalue weighted by Gasteiger charge is 2.12. The maximum absolute atomic E-state index is 12.3. The van der Waals surface area contributed by atoms with Gasteiger partial charge < -0.3 is 0 Å². The van der Waals surface area contributed by atoms with Crippen molar-refractivity contribution in [2.45, 2.75) is 6.92 Å². The Morgan fingerprint density at radius 3 is 2.16 bits per heavy atom. The maximum atomic E-state index is 12.3. The molecule has 0 bridgehead atoms.